The van der Waals surface area contributed by atoms with Gasteiger partial charge in [0.25, 0.3) is 5.91 Å². The molecule has 0 atom stereocenters. The molecule has 0 spiro atoms. The van der Waals surface area contributed by atoms with Crippen LogP contribution in [0.2, 0.25) is 0 Å². The van der Waals surface area contributed by atoms with Crippen molar-refractivity contribution in [3.8, 4) is 11.5 Å². The quantitative estimate of drug-likeness (QED) is 0.472. The van der Waals surface area contributed by atoms with Crippen LogP contribution < -0.4 is 15.1 Å². The largest absolute Gasteiger partial charge is 0.504 e. The molecule has 0 saturated carbocycles. The standard InChI is InChI=1S/C15H21N3O4/c1-2-22-14-9-12(3-4-13(14)19)10-16-17-15(20)11-18-5-7-21-8-6-18/h3-4,9-10,19H,2,5-8,11H2,1H3,(H,17,20)/p+1. The topological polar surface area (TPSA) is 84.6 Å². The highest BCUT2D eigenvalue weighted by Crippen LogP contribution is 2.25. The number of ether oxygens (including phenoxy) is 2. The van der Waals surface area contributed by atoms with Crippen molar-refractivity contribution < 1.29 is 24.3 Å². The summed E-state index contributed by atoms with van der Waals surface area (Å²) in [6.45, 7) is 5.76. The minimum Gasteiger partial charge on any atom is -0.504 e. The number of hydrogen-bond acceptors (Lipinski definition) is 5. The van der Waals surface area contributed by atoms with Gasteiger partial charge in [0, 0.05) is 0 Å². The molecule has 1 aliphatic rings. The first-order chi connectivity index (χ1) is 10.7. The highest BCUT2D eigenvalue weighted by Gasteiger charge is 2.16. The molecular weight excluding hydrogens is 286 g/mol. The number of carbonyl (C=O) groups excluding carboxylic acids is 1. The van der Waals surface area contributed by atoms with Crippen LogP contribution in [0.3, 0.4) is 0 Å². The number of rotatable bonds is 6. The molecule has 1 aliphatic heterocycles. The Morgan fingerprint density at radius 2 is 2.27 bits per heavy atom. The first kappa shape index (κ1) is 16.3. The van der Waals surface area contributed by atoms with Gasteiger partial charge in [0.2, 0.25) is 0 Å². The maximum absolute atomic E-state index is 11.8. The van der Waals surface area contributed by atoms with E-state index in [9.17, 15) is 9.90 Å². The fourth-order valence-electron chi connectivity index (χ4n) is 2.16. The van der Waals surface area contributed by atoms with Gasteiger partial charge < -0.3 is 19.5 Å². The molecule has 0 aliphatic carbocycles. The Morgan fingerprint density at radius 1 is 1.50 bits per heavy atom. The Hall–Kier alpha value is -2.12. The summed E-state index contributed by atoms with van der Waals surface area (Å²) in [7, 11) is 0. The second-order valence-electron chi connectivity index (χ2n) is 4.99. The van der Waals surface area contributed by atoms with Crippen LogP contribution in [0, 0.1) is 0 Å². The number of phenols is 1. The van der Waals surface area contributed by atoms with Crippen molar-refractivity contribution in [2.24, 2.45) is 5.10 Å². The Kier molecular flexibility index (Phi) is 6.17. The Bertz CT molecular complexity index is 528. The second-order valence-corrected chi connectivity index (χ2v) is 4.99. The highest BCUT2D eigenvalue weighted by molar-refractivity contribution is 5.83. The molecule has 1 amide bonds. The molecule has 7 nitrogen and oxygen atoms in total. The van der Waals surface area contributed by atoms with Crippen LogP contribution in [0.1, 0.15) is 12.5 Å². The van der Waals surface area contributed by atoms with Gasteiger partial charge >= 0.3 is 0 Å². The number of nitrogens with zero attached hydrogens (tertiary/aromatic N) is 1. The molecule has 2 rings (SSSR count). The SMILES string of the molecule is CCOc1cc(C=NNC(=O)C[NH+]2CCOCC2)ccc1O. The van der Waals surface area contributed by atoms with E-state index in [1.165, 1.54) is 17.2 Å². The van der Waals surface area contributed by atoms with E-state index in [1.54, 1.807) is 12.1 Å². The van der Waals surface area contributed by atoms with E-state index in [1.807, 2.05) is 6.92 Å². The molecular formula is C15H22N3O4+. The number of carbonyl (C=O) groups is 1. The maximum Gasteiger partial charge on any atom is 0.295 e. The number of morpholine rings is 1. The van der Waals surface area contributed by atoms with E-state index in [0.29, 0.717) is 32.1 Å². The van der Waals surface area contributed by atoms with E-state index in [0.717, 1.165) is 18.7 Å². The number of benzene rings is 1. The molecule has 3 N–H and O–H groups in total. The summed E-state index contributed by atoms with van der Waals surface area (Å²) < 4.78 is 10.5. The number of phenolic OH excluding ortho intramolecular Hbond substituents is 1. The molecule has 1 saturated heterocycles. The summed E-state index contributed by atoms with van der Waals surface area (Å²) >= 11 is 0. The normalized spacial score (nSPS) is 15.9. The van der Waals surface area contributed by atoms with Crippen molar-refractivity contribution >= 4 is 12.1 Å². The predicted octanol–water partition coefficient (Wildman–Crippen LogP) is -0.844. The minimum atomic E-state index is -0.128. The summed E-state index contributed by atoms with van der Waals surface area (Å²) in [4.78, 5) is 13.0. The van der Waals surface area contributed by atoms with E-state index in [2.05, 4.69) is 10.5 Å². The second kappa shape index (κ2) is 8.35. The molecule has 0 bridgehead atoms. The molecule has 1 aromatic rings. The molecule has 1 heterocycles. The molecule has 1 aromatic carbocycles. The zero-order valence-corrected chi connectivity index (χ0v) is 12.7. The zero-order chi connectivity index (χ0) is 15.8. The van der Waals surface area contributed by atoms with E-state index in [4.69, 9.17) is 9.47 Å². The van der Waals surface area contributed by atoms with Crippen molar-refractivity contribution in [2.45, 2.75) is 6.92 Å². The first-order valence-electron chi connectivity index (χ1n) is 7.38. The van der Waals surface area contributed by atoms with Crippen LogP contribution in [0.25, 0.3) is 0 Å². The average molecular weight is 308 g/mol. The fourth-order valence-corrected chi connectivity index (χ4v) is 2.16. The highest BCUT2D eigenvalue weighted by atomic mass is 16.5. The van der Waals surface area contributed by atoms with Gasteiger partial charge in [0.15, 0.2) is 18.0 Å². The van der Waals surface area contributed by atoms with Crippen molar-refractivity contribution in [3.63, 3.8) is 0 Å². The third-order valence-electron chi connectivity index (χ3n) is 3.30. The third-order valence-corrected chi connectivity index (χ3v) is 3.30. The number of nitrogens with one attached hydrogen (secondary N) is 2. The van der Waals surface area contributed by atoms with Gasteiger partial charge in [-0.3, -0.25) is 4.79 Å². The molecule has 22 heavy (non-hydrogen) atoms. The van der Waals surface area contributed by atoms with Gasteiger partial charge in [0.05, 0.1) is 26.0 Å². The van der Waals surface area contributed by atoms with Crippen molar-refractivity contribution in [1.29, 1.82) is 0 Å². The van der Waals surface area contributed by atoms with Gasteiger partial charge in [-0.1, -0.05) is 0 Å². The fraction of sp³-hybridized carbons (Fsp3) is 0.467. The van der Waals surface area contributed by atoms with Crippen molar-refractivity contribution in [1.82, 2.24) is 5.43 Å². The maximum atomic E-state index is 11.8. The van der Waals surface area contributed by atoms with E-state index < -0.39 is 0 Å². The molecule has 0 radical (unpaired) electrons. The number of hydrogen-bond donors (Lipinski definition) is 3. The Labute approximate surface area is 129 Å². The van der Waals surface area contributed by atoms with Crippen molar-refractivity contribution in [3.05, 3.63) is 23.8 Å². The summed E-state index contributed by atoms with van der Waals surface area (Å²) in [5, 5.41) is 13.5. The van der Waals surface area contributed by atoms with Crippen LogP contribution in [0.15, 0.2) is 23.3 Å². The summed E-state index contributed by atoms with van der Waals surface area (Å²) in [6, 6.07) is 4.90. The summed E-state index contributed by atoms with van der Waals surface area (Å²) in [5.74, 6) is 0.353. The van der Waals surface area contributed by atoms with E-state index >= 15 is 0 Å². The summed E-state index contributed by atoms with van der Waals surface area (Å²) in [6.07, 6.45) is 1.52. The van der Waals surface area contributed by atoms with Gasteiger partial charge in [-0.25, -0.2) is 5.43 Å². The van der Waals surface area contributed by atoms with Gasteiger partial charge in [-0.05, 0) is 30.7 Å². The molecule has 0 unspecified atom stereocenters. The molecule has 1 fully saturated rings. The predicted molar refractivity (Wildman–Crippen MR) is 81.4 cm³/mol. The van der Waals surface area contributed by atoms with Crippen LogP contribution in [0.5, 0.6) is 11.5 Å². The summed E-state index contributed by atoms with van der Waals surface area (Å²) in [5.41, 5.74) is 3.25. The van der Waals surface area contributed by atoms with Crippen LogP contribution in [0.4, 0.5) is 0 Å². The number of amides is 1. The molecule has 120 valence electrons. The number of aromatic hydroxyl groups is 1. The van der Waals surface area contributed by atoms with Crippen molar-refractivity contribution in [2.75, 3.05) is 39.5 Å². The lowest BCUT2D eigenvalue weighted by atomic mass is 10.2. The van der Waals surface area contributed by atoms with Crippen LogP contribution in [-0.4, -0.2) is 56.7 Å². The van der Waals surface area contributed by atoms with Gasteiger partial charge in [-0.15, -0.1) is 0 Å². The lowest BCUT2D eigenvalue weighted by molar-refractivity contribution is -0.900. The molecule has 7 heteroatoms. The third kappa shape index (κ3) is 5.01. The minimum absolute atomic E-state index is 0.0824. The lowest BCUT2D eigenvalue weighted by Gasteiger charge is -2.22. The lowest BCUT2D eigenvalue weighted by Crippen LogP contribution is -3.15. The zero-order valence-electron chi connectivity index (χ0n) is 12.7. The van der Waals surface area contributed by atoms with Crippen LogP contribution >= 0.6 is 0 Å². The average Bonchev–Trinajstić information content (AvgIpc) is 2.51. The number of hydrazone groups is 1. The van der Waals surface area contributed by atoms with Gasteiger partial charge in [-0.2, -0.15) is 5.10 Å². The van der Waals surface area contributed by atoms with Gasteiger partial charge in [0.1, 0.15) is 13.1 Å². The first-order valence-corrected chi connectivity index (χ1v) is 7.38. The monoisotopic (exact) mass is 308 g/mol. The van der Waals surface area contributed by atoms with E-state index in [-0.39, 0.29) is 11.7 Å². The number of quaternary nitrogens is 1. The Balaban J connectivity index is 1.83. The Morgan fingerprint density at radius 3 is 3.00 bits per heavy atom. The molecule has 0 aromatic heterocycles. The smallest absolute Gasteiger partial charge is 0.295 e. The van der Waals surface area contributed by atoms with Crippen LogP contribution in [-0.2, 0) is 9.53 Å².